The molecule has 16 heavy (non-hydrogen) atoms. The Hall–Kier alpha value is -1.20. The highest BCUT2D eigenvalue weighted by Crippen LogP contribution is 2.35. The number of nitrogens with zero attached hydrogens (tertiary/aromatic N) is 3. The number of rotatable bonds is 2. The van der Waals surface area contributed by atoms with Crippen LogP contribution in [0, 0.1) is 6.92 Å². The molecule has 4 nitrogen and oxygen atoms in total. The van der Waals surface area contributed by atoms with Crippen molar-refractivity contribution in [2.75, 3.05) is 6.54 Å². The van der Waals surface area contributed by atoms with Crippen LogP contribution in [0.5, 0.6) is 0 Å². The molecule has 0 bridgehead atoms. The second-order valence-electron chi connectivity index (χ2n) is 4.07. The van der Waals surface area contributed by atoms with E-state index in [2.05, 4.69) is 20.8 Å². The van der Waals surface area contributed by atoms with E-state index >= 15 is 0 Å². The van der Waals surface area contributed by atoms with Crippen LogP contribution in [0.1, 0.15) is 16.4 Å². The van der Waals surface area contributed by atoms with Crippen molar-refractivity contribution in [3.8, 4) is 11.3 Å². The average Bonchev–Trinajstić information content (AvgIpc) is 2.84. The fourth-order valence-corrected chi connectivity index (χ4v) is 3.19. The van der Waals surface area contributed by atoms with Gasteiger partial charge >= 0.3 is 0 Å². The highest BCUT2D eigenvalue weighted by atomic mass is 32.1. The number of hydrogen-bond donors (Lipinski definition) is 1. The Labute approximate surface area is 98.3 Å². The van der Waals surface area contributed by atoms with Crippen molar-refractivity contribution in [2.24, 2.45) is 5.73 Å². The maximum atomic E-state index is 5.59. The van der Waals surface area contributed by atoms with Gasteiger partial charge in [-0.05, 0) is 25.0 Å². The number of aryl methyl sites for hydroxylation is 2. The molecule has 3 rings (SSSR count). The second-order valence-corrected chi connectivity index (χ2v) is 4.92. The summed E-state index contributed by atoms with van der Waals surface area (Å²) in [6.45, 7) is 3.74. The van der Waals surface area contributed by atoms with Crippen molar-refractivity contribution < 1.29 is 0 Å². The predicted octanol–water partition coefficient (Wildman–Crippen LogP) is 1.37. The van der Waals surface area contributed by atoms with Crippen molar-refractivity contribution in [2.45, 2.75) is 26.3 Å². The summed E-state index contributed by atoms with van der Waals surface area (Å²) in [5.41, 5.74) is 9.24. The Kier molecular flexibility index (Phi) is 2.29. The third-order valence-corrected chi connectivity index (χ3v) is 4.05. The van der Waals surface area contributed by atoms with Crippen molar-refractivity contribution >= 4 is 11.5 Å². The van der Waals surface area contributed by atoms with E-state index < -0.39 is 0 Å². The van der Waals surface area contributed by atoms with Crippen molar-refractivity contribution in [1.82, 2.24) is 13.9 Å². The second kappa shape index (κ2) is 3.68. The molecule has 0 atom stereocenters. The summed E-state index contributed by atoms with van der Waals surface area (Å²) < 4.78 is 6.72. The zero-order valence-electron chi connectivity index (χ0n) is 9.23. The first-order chi connectivity index (χ1) is 7.81. The van der Waals surface area contributed by atoms with Gasteiger partial charge in [-0.15, -0.1) is 0 Å². The van der Waals surface area contributed by atoms with Gasteiger partial charge in [-0.1, -0.05) is 0 Å². The maximum Gasteiger partial charge on any atom is 0.110 e. The van der Waals surface area contributed by atoms with Crippen LogP contribution >= 0.6 is 11.5 Å². The van der Waals surface area contributed by atoms with E-state index in [-0.39, 0.29) is 0 Å². The van der Waals surface area contributed by atoms with Gasteiger partial charge in [0.05, 0.1) is 17.6 Å². The molecule has 0 saturated carbocycles. The number of nitrogens with two attached hydrogens (primary N) is 1. The summed E-state index contributed by atoms with van der Waals surface area (Å²) in [5.74, 6) is 1.11. The van der Waals surface area contributed by atoms with Crippen LogP contribution in [0.3, 0.4) is 0 Å². The van der Waals surface area contributed by atoms with Gasteiger partial charge in [-0.25, -0.2) is 4.98 Å². The highest BCUT2D eigenvalue weighted by Gasteiger charge is 2.23. The van der Waals surface area contributed by atoms with Crippen LogP contribution in [0.4, 0.5) is 0 Å². The standard InChI is InChI=1S/C11H14N4S/c1-7-11-8-6-13-10(2-4-12)15(8)5-3-9(11)16-14-7/h6H,2-5,12H2,1H3. The molecule has 2 aromatic heterocycles. The smallest absolute Gasteiger partial charge is 0.110 e. The van der Waals surface area contributed by atoms with Crippen LogP contribution in [0.25, 0.3) is 11.3 Å². The molecule has 84 valence electrons. The minimum Gasteiger partial charge on any atom is -0.330 e. The van der Waals surface area contributed by atoms with Crippen LogP contribution in [0.2, 0.25) is 0 Å². The fraction of sp³-hybridized carbons (Fsp3) is 0.455. The molecule has 0 aromatic carbocycles. The summed E-state index contributed by atoms with van der Waals surface area (Å²) in [6.07, 6.45) is 3.89. The predicted molar refractivity (Wildman–Crippen MR) is 64.5 cm³/mol. The normalized spacial score (nSPS) is 13.6. The molecule has 0 saturated heterocycles. The monoisotopic (exact) mass is 234 g/mol. The molecule has 0 fully saturated rings. The largest absolute Gasteiger partial charge is 0.330 e. The molecule has 5 heteroatoms. The maximum absolute atomic E-state index is 5.59. The van der Waals surface area contributed by atoms with Gasteiger partial charge in [-0.2, -0.15) is 4.37 Å². The lowest BCUT2D eigenvalue weighted by Gasteiger charge is -2.17. The molecular formula is C11H14N4S. The Morgan fingerprint density at radius 3 is 3.25 bits per heavy atom. The van der Waals surface area contributed by atoms with Gasteiger partial charge in [-0.3, -0.25) is 0 Å². The van der Waals surface area contributed by atoms with Gasteiger partial charge in [0.2, 0.25) is 0 Å². The summed E-state index contributed by atoms with van der Waals surface area (Å²) in [7, 11) is 0. The van der Waals surface area contributed by atoms with Gasteiger partial charge in [0, 0.05) is 29.8 Å². The molecule has 0 radical (unpaired) electrons. The van der Waals surface area contributed by atoms with E-state index in [0.29, 0.717) is 6.54 Å². The highest BCUT2D eigenvalue weighted by molar-refractivity contribution is 7.06. The molecule has 0 aliphatic carbocycles. The molecule has 0 spiro atoms. The first-order valence-corrected chi connectivity index (χ1v) is 6.28. The number of hydrogen-bond acceptors (Lipinski definition) is 4. The van der Waals surface area contributed by atoms with Gasteiger partial charge in [0.15, 0.2) is 0 Å². The molecule has 1 aliphatic rings. The van der Waals surface area contributed by atoms with E-state index in [9.17, 15) is 0 Å². The molecule has 0 unspecified atom stereocenters. The molecule has 0 amide bonds. The Morgan fingerprint density at radius 1 is 1.56 bits per heavy atom. The van der Waals surface area contributed by atoms with Crippen LogP contribution in [0.15, 0.2) is 6.20 Å². The summed E-state index contributed by atoms with van der Waals surface area (Å²) in [5, 5.41) is 0. The van der Waals surface area contributed by atoms with Gasteiger partial charge in [0.25, 0.3) is 0 Å². The van der Waals surface area contributed by atoms with Crippen LogP contribution in [-0.4, -0.2) is 20.5 Å². The van der Waals surface area contributed by atoms with E-state index in [1.54, 1.807) is 11.5 Å². The first-order valence-electron chi connectivity index (χ1n) is 5.51. The summed E-state index contributed by atoms with van der Waals surface area (Å²) in [4.78, 5) is 5.86. The molecule has 2 N–H and O–H groups in total. The number of fused-ring (bicyclic) bond motifs is 3. The zero-order chi connectivity index (χ0) is 11.1. The third-order valence-electron chi connectivity index (χ3n) is 3.06. The lowest BCUT2D eigenvalue weighted by atomic mass is 10.1. The summed E-state index contributed by atoms with van der Waals surface area (Å²) >= 11 is 1.62. The van der Waals surface area contributed by atoms with E-state index in [1.807, 2.05) is 6.20 Å². The average molecular weight is 234 g/mol. The summed E-state index contributed by atoms with van der Waals surface area (Å²) in [6, 6.07) is 0. The quantitative estimate of drug-likeness (QED) is 0.854. The number of imidazole rings is 1. The minimum atomic E-state index is 0.657. The third kappa shape index (κ3) is 1.32. The van der Waals surface area contributed by atoms with E-state index in [1.165, 1.54) is 16.1 Å². The Balaban J connectivity index is 2.14. The first kappa shape index (κ1) is 9.99. The molecular weight excluding hydrogens is 220 g/mol. The van der Waals surface area contributed by atoms with Crippen molar-refractivity contribution in [3.63, 3.8) is 0 Å². The minimum absolute atomic E-state index is 0.657. The van der Waals surface area contributed by atoms with E-state index in [0.717, 1.165) is 30.9 Å². The van der Waals surface area contributed by atoms with Gasteiger partial charge < -0.3 is 10.3 Å². The molecule has 2 aromatic rings. The topological polar surface area (TPSA) is 56.7 Å². The SMILES string of the molecule is Cc1nsc2c1-c1cnc(CCN)n1CC2. The van der Waals surface area contributed by atoms with Gasteiger partial charge in [0.1, 0.15) is 5.82 Å². The van der Waals surface area contributed by atoms with Crippen LogP contribution < -0.4 is 5.73 Å². The lowest BCUT2D eigenvalue weighted by Crippen LogP contribution is -2.15. The van der Waals surface area contributed by atoms with Crippen molar-refractivity contribution in [1.29, 1.82) is 0 Å². The van der Waals surface area contributed by atoms with E-state index in [4.69, 9.17) is 5.73 Å². The lowest BCUT2D eigenvalue weighted by molar-refractivity contribution is 0.645. The molecule has 1 aliphatic heterocycles. The fourth-order valence-electron chi connectivity index (χ4n) is 2.32. The Bertz CT molecular complexity index is 526. The van der Waals surface area contributed by atoms with Crippen molar-refractivity contribution in [3.05, 3.63) is 22.6 Å². The zero-order valence-corrected chi connectivity index (χ0v) is 10.0. The molecule has 3 heterocycles. The Morgan fingerprint density at radius 2 is 2.44 bits per heavy atom. The van der Waals surface area contributed by atoms with Crippen LogP contribution in [-0.2, 0) is 19.4 Å². The number of aromatic nitrogens is 3.